The summed E-state index contributed by atoms with van der Waals surface area (Å²) in [5.41, 5.74) is 0. The first-order valence-electron chi connectivity index (χ1n) is 7.46. The maximum Gasteiger partial charge on any atom is 0.229 e. The Morgan fingerprint density at radius 1 is 1.40 bits per heavy atom. The second kappa shape index (κ2) is 7.15. The number of rotatable bonds is 6. The highest BCUT2D eigenvalue weighted by Crippen LogP contribution is 2.12. The Hall–Kier alpha value is -0.980. The zero-order valence-corrected chi connectivity index (χ0v) is 12.7. The van der Waals surface area contributed by atoms with Crippen molar-refractivity contribution in [3.05, 3.63) is 11.7 Å². The number of piperazine rings is 1. The van der Waals surface area contributed by atoms with Crippen LogP contribution < -0.4 is 0 Å². The van der Waals surface area contributed by atoms with Gasteiger partial charge in [-0.2, -0.15) is 4.98 Å². The van der Waals surface area contributed by atoms with Crippen LogP contribution >= 0.6 is 0 Å². The minimum absolute atomic E-state index is 0.378. The molecule has 6 nitrogen and oxygen atoms in total. The van der Waals surface area contributed by atoms with Gasteiger partial charge in [-0.15, -0.1) is 0 Å². The molecule has 0 spiro atoms. The molecule has 2 heterocycles. The molecule has 0 aromatic carbocycles. The number of hydrogen-bond acceptors (Lipinski definition) is 6. The van der Waals surface area contributed by atoms with Crippen molar-refractivity contribution in [2.24, 2.45) is 0 Å². The minimum atomic E-state index is -0.378. The predicted molar refractivity (Wildman–Crippen MR) is 76.5 cm³/mol. The summed E-state index contributed by atoms with van der Waals surface area (Å²) >= 11 is 0. The van der Waals surface area contributed by atoms with E-state index in [9.17, 15) is 5.11 Å². The Bertz CT molecular complexity index is 410. The van der Waals surface area contributed by atoms with E-state index in [0.29, 0.717) is 18.4 Å². The Morgan fingerprint density at radius 2 is 2.20 bits per heavy atom. The summed E-state index contributed by atoms with van der Waals surface area (Å²) in [5, 5.41) is 13.8. The molecule has 2 unspecified atom stereocenters. The predicted octanol–water partition coefficient (Wildman–Crippen LogP) is 0.561. The maximum absolute atomic E-state index is 9.77. The number of aliphatic hydroxyl groups excluding tert-OH is 1. The highest BCUT2D eigenvalue weighted by atomic mass is 16.5. The number of likely N-dealkylation sites (N-methyl/N-ethyl adjacent to an activating group) is 2. The van der Waals surface area contributed by atoms with Crippen LogP contribution in [0.3, 0.4) is 0 Å². The van der Waals surface area contributed by atoms with E-state index in [0.717, 1.165) is 44.7 Å². The first kappa shape index (κ1) is 15.4. The summed E-state index contributed by atoms with van der Waals surface area (Å²) in [5.74, 6) is 1.30. The molecule has 1 saturated heterocycles. The van der Waals surface area contributed by atoms with Crippen molar-refractivity contribution in [3.8, 4) is 0 Å². The average molecular weight is 282 g/mol. The number of nitrogens with zero attached hydrogens (tertiary/aromatic N) is 4. The van der Waals surface area contributed by atoms with Gasteiger partial charge in [0.05, 0.1) is 12.5 Å². The van der Waals surface area contributed by atoms with Gasteiger partial charge in [-0.1, -0.05) is 18.5 Å². The van der Waals surface area contributed by atoms with Crippen LogP contribution in [-0.4, -0.2) is 70.9 Å². The molecule has 6 heteroatoms. The largest absolute Gasteiger partial charge is 0.393 e. The molecular weight excluding hydrogens is 256 g/mol. The Labute approximate surface area is 120 Å². The molecule has 2 rings (SSSR count). The quantitative estimate of drug-likeness (QED) is 0.822. The molecule has 0 bridgehead atoms. The molecule has 0 aliphatic carbocycles. The van der Waals surface area contributed by atoms with Crippen LogP contribution in [0.25, 0.3) is 0 Å². The summed E-state index contributed by atoms with van der Waals surface area (Å²) in [4.78, 5) is 9.08. The van der Waals surface area contributed by atoms with Crippen molar-refractivity contribution in [2.45, 2.75) is 44.8 Å². The van der Waals surface area contributed by atoms with Gasteiger partial charge < -0.3 is 19.4 Å². The summed E-state index contributed by atoms with van der Waals surface area (Å²) in [6.45, 7) is 5.26. The third-order valence-electron chi connectivity index (χ3n) is 3.94. The number of hydrogen-bond donors (Lipinski definition) is 1. The second-order valence-electron chi connectivity index (χ2n) is 5.85. The normalized spacial score (nSPS) is 23.1. The fraction of sp³-hybridized carbons (Fsp3) is 0.857. The number of aromatic nitrogens is 2. The molecule has 1 fully saturated rings. The molecule has 1 aliphatic heterocycles. The van der Waals surface area contributed by atoms with Crippen LogP contribution in [0, 0.1) is 0 Å². The summed E-state index contributed by atoms with van der Waals surface area (Å²) in [7, 11) is 4.28. The van der Waals surface area contributed by atoms with E-state index in [-0.39, 0.29) is 6.10 Å². The zero-order chi connectivity index (χ0) is 14.5. The van der Waals surface area contributed by atoms with Crippen molar-refractivity contribution < 1.29 is 9.63 Å². The molecule has 0 radical (unpaired) electrons. The van der Waals surface area contributed by atoms with E-state index in [2.05, 4.69) is 41.0 Å². The standard InChI is InChI=1S/C14H26N4O2/c1-4-5-12(19)9-14-15-13(16-20-14)8-11-10-17(2)6-7-18(11)3/h11-12,19H,4-10H2,1-3H3. The molecule has 1 N–H and O–H groups in total. The lowest BCUT2D eigenvalue weighted by molar-refractivity contribution is 0.113. The lowest BCUT2D eigenvalue weighted by Crippen LogP contribution is -2.50. The summed E-state index contributed by atoms with van der Waals surface area (Å²) in [6, 6.07) is 0.430. The molecule has 2 atom stereocenters. The maximum atomic E-state index is 9.77. The SMILES string of the molecule is CCCC(O)Cc1nc(CC2CN(C)CCN2C)no1. The molecular formula is C14H26N4O2. The molecule has 1 aromatic rings. The smallest absolute Gasteiger partial charge is 0.229 e. The van der Waals surface area contributed by atoms with E-state index < -0.39 is 0 Å². The first-order valence-corrected chi connectivity index (χ1v) is 7.46. The van der Waals surface area contributed by atoms with Gasteiger partial charge in [0.15, 0.2) is 5.82 Å². The number of aliphatic hydroxyl groups is 1. The molecule has 0 saturated carbocycles. The van der Waals surface area contributed by atoms with Crippen molar-refractivity contribution >= 4 is 0 Å². The molecule has 1 aliphatic rings. The topological polar surface area (TPSA) is 65.6 Å². The summed E-state index contributed by atoms with van der Waals surface area (Å²) in [6.07, 6.45) is 2.61. The van der Waals surface area contributed by atoms with Crippen molar-refractivity contribution in [1.82, 2.24) is 19.9 Å². The van der Waals surface area contributed by atoms with Crippen LogP contribution in [0.15, 0.2) is 4.52 Å². The van der Waals surface area contributed by atoms with E-state index in [1.165, 1.54) is 0 Å². The average Bonchev–Trinajstić information content (AvgIpc) is 2.81. The van der Waals surface area contributed by atoms with Crippen molar-refractivity contribution in [2.75, 3.05) is 33.7 Å². The molecule has 114 valence electrons. The van der Waals surface area contributed by atoms with Crippen LogP contribution in [0.2, 0.25) is 0 Å². The van der Waals surface area contributed by atoms with Gasteiger partial charge >= 0.3 is 0 Å². The van der Waals surface area contributed by atoms with E-state index in [1.54, 1.807) is 0 Å². The highest BCUT2D eigenvalue weighted by Gasteiger charge is 2.24. The molecule has 1 aromatic heterocycles. The van der Waals surface area contributed by atoms with E-state index >= 15 is 0 Å². The van der Waals surface area contributed by atoms with Crippen LogP contribution in [0.1, 0.15) is 31.5 Å². The van der Waals surface area contributed by atoms with Crippen molar-refractivity contribution in [1.29, 1.82) is 0 Å². The minimum Gasteiger partial charge on any atom is -0.393 e. The van der Waals surface area contributed by atoms with E-state index in [1.807, 2.05) is 0 Å². The zero-order valence-electron chi connectivity index (χ0n) is 12.7. The monoisotopic (exact) mass is 282 g/mol. The molecule has 0 amide bonds. The van der Waals surface area contributed by atoms with Gasteiger partial charge in [0.1, 0.15) is 0 Å². The lowest BCUT2D eigenvalue weighted by atomic mass is 10.1. The molecule has 20 heavy (non-hydrogen) atoms. The Balaban J connectivity index is 1.88. The van der Waals surface area contributed by atoms with Crippen molar-refractivity contribution in [3.63, 3.8) is 0 Å². The lowest BCUT2D eigenvalue weighted by Gasteiger charge is -2.37. The third-order valence-corrected chi connectivity index (χ3v) is 3.94. The highest BCUT2D eigenvalue weighted by molar-refractivity contribution is 4.93. The van der Waals surface area contributed by atoms with Gasteiger partial charge in [0.25, 0.3) is 0 Å². The second-order valence-corrected chi connectivity index (χ2v) is 5.85. The van der Waals surface area contributed by atoms with Gasteiger partial charge in [-0.25, -0.2) is 0 Å². The van der Waals surface area contributed by atoms with Gasteiger partial charge in [-0.3, -0.25) is 0 Å². The van der Waals surface area contributed by atoms with E-state index in [4.69, 9.17) is 4.52 Å². The van der Waals surface area contributed by atoms with Crippen LogP contribution in [0.4, 0.5) is 0 Å². The van der Waals surface area contributed by atoms with Gasteiger partial charge in [-0.05, 0) is 20.5 Å². The third kappa shape index (κ3) is 4.26. The first-order chi connectivity index (χ1) is 9.58. The van der Waals surface area contributed by atoms with Crippen LogP contribution in [0.5, 0.6) is 0 Å². The Morgan fingerprint density at radius 3 is 2.95 bits per heavy atom. The van der Waals surface area contributed by atoms with Gasteiger partial charge in [0, 0.05) is 32.1 Å². The fourth-order valence-electron chi connectivity index (χ4n) is 2.63. The van der Waals surface area contributed by atoms with Crippen LogP contribution in [-0.2, 0) is 12.8 Å². The summed E-state index contributed by atoms with van der Waals surface area (Å²) < 4.78 is 5.23. The van der Waals surface area contributed by atoms with Gasteiger partial charge in [0.2, 0.25) is 5.89 Å². The Kier molecular flexibility index (Phi) is 5.51. The fourth-order valence-corrected chi connectivity index (χ4v) is 2.63.